The third-order valence-electron chi connectivity index (χ3n) is 6.63. The van der Waals surface area contributed by atoms with Crippen LogP contribution in [0.5, 0.6) is 5.75 Å². The molecule has 1 saturated heterocycles. The lowest BCUT2D eigenvalue weighted by atomic mass is 9.57. The zero-order valence-corrected chi connectivity index (χ0v) is 18.6. The first kappa shape index (κ1) is 21.9. The summed E-state index contributed by atoms with van der Waals surface area (Å²) in [6.45, 7) is 7.45. The third-order valence-corrected chi connectivity index (χ3v) is 6.87. The number of benzene rings is 1. The molecule has 1 saturated carbocycles. The lowest BCUT2D eigenvalue weighted by Crippen LogP contribution is -2.68. The van der Waals surface area contributed by atoms with Gasteiger partial charge in [0.25, 0.3) is 5.91 Å². The predicted molar refractivity (Wildman–Crippen MR) is 112 cm³/mol. The Hall–Kier alpha value is -1.79. The Morgan fingerprint density at radius 3 is 2.41 bits per heavy atom. The second kappa shape index (κ2) is 8.52. The Balaban J connectivity index is 1.57. The van der Waals surface area contributed by atoms with Crippen molar-refractivity contribution in [2.75, 3.05) is 27.3 Å². The highest BCUT2D eigenvalue weighted by molar-refractivity contribution is 6.31. The molecule has 1 aliphatic carbocycles. The van der Waals surface area contributed by atoms with Crippen LogP contribution in [0.3, 0.4) is 0 Å². The fourth-order valence-corrected chi connectivity index (χ4v) is 5.23. The Labute approximate surface area is 177 Å². The maximum Gasteiger partial charge on any atom is 0.257 e. The van der Waals surface area contributed by atoms with Crippen molar-refractivity contribution in [3.8, 4) is 5.75 Å². The van der Waals surface area contributed by atoms with Gasteiger partial charge >= 0.3 is 0 Å². The highest BCUT2D eigenvalue weighted by Gasteiger charge is 2.55. The number of carbonyl (C=O) groups excluding carboxylic acids is 2. The molecule has 0 aromatic heterocycles. The van der Waals surface area contributed by atoms with Gasteiger partial charge in [0, 0.05) is 48.5 Å². The summed E-state index contributed by atoms with van der Waals surface area (Å²) in [7, 11) is 3.26. The molecule has 7 heteroatoms. The van der Waals surface area contributed by atoms with Gasteiger partial charge in [-0.2, -0.15) is 0 Å². The van der Waals surface area contributed by atoms with Crippen LogP contribution < -0.4 is 10.1 Å². The Morgan fingerprint density at radius 1 is 1.21 bits per heavy atom. The highest BCUT2D eigenvalue weighted by atomic mass is 35.5. The van der Waals surface area contributed by atoms with Crippen LogP contribution in [0.4, 0.5) is 0 Å². The number of nitrogens with zero attached hydrogens (tertiary/aromatic N) is 1. The fraction of sp³-hybridized carbons (Fsp3) is 0.636. The van der Waals surface area contributed by atoms with E-state index in [4.69, 9.17) is 21.1 Å². The molecular weight excluding hydrogens is 392 g/mol. The fourth-order valence-electron chi connectivity index (χ4n) is 5.06. The number of piperidine rings is 1. The van der Waals surface area contributed by atoms with E-state index in [0.717, 1.165) is 0 Å². The molecule has 6 nitrogen and oxygen atoms in total. The van der Waals surface area contributed by atoms with Crippen LogP contribution in [0, 0.1) is 17.3 Å². The second-order valence-corrected chi connectivity index (χ2v) is 9.17. The number of ether oxygens (including phenoxy) is 2. The van der Waals surface area contributed by atoms with E-state index in [2.05, 4.69) is 26.1 Å². The van der Waals surface area contributed by atoms with E-state index in [9.17, 15) is 9.59 Å². The smallest absolute Gasteiger partial charge is 0.257 e. The average molecular weight is 423 g/mol. The van der Waals surface area contributed by atoms with Crippen LogP contribution in [-0.4, -0.2) is 56.2 Å². The van der Waals surface area contributed by atoms with E-state index in [1.165, 1.54) is 7.11 Å². The lowest BCUT2D eigenvalue weighted by molar-refractivity contribution is -0.156. The van der Waals surface area contributed by atoms with Crippen LogP contribution in [0.25, 0.3) is 0 Å². The van der Waals surface area contributed by atoms with Gasteiger partial charge in [-0.25, -0.2) is 0 Å². The van der Waals surface area contributed by atoms with Crippen molar-refractivity contribution in [2.45, 2.75) is 45.8 Å². The SMILES string of the molecule is COc1ccc(Cl)cc1C(=O)N1CCC(C(=O)N[C@@H]2[C@@H](C)[C@H](OC)C2(C)C)CC1. The molecule has 1 aromatic rings. The maximum atomic E-state index is 12.9. The minimum atomic E-state index is -0.111. The van der Waals surface area contributed by atoms with E-state index in [-0.39, 0.29) is 41.2 Å². The van der Waals surface area contributed by atoms with Crippen molar-refractivity contribution in [3.05, 3.63) is 28.8 Å². The normalized spacial score (nSPS) is 26.6. The van der Waals surface area contributed by atoms with Crippen LogP contribution in [0.2, 0.25) is 5.02 Å². The average Bonchev–Trinajstić information content (AvgIpc) is 2.71. The van der Waals surface area contributed by atoms with Gasteiger partial charge in [-0.05, 0) is 31.0 Å². The molecule has 2 aliphatic rings. The van der Waals surface area contributed by atoms with E-state index < -0.39 is 0 Å². The van der Waals surface area contributed by atoms with E-state index >= 15 is 0 Å². The van der Waals surface area contributed by atoms with Crippen LogP contribution >= 0.6 is 11.6 Å². The summed E-state index contributed by atoms with van der Waals surface area (Å²) in [6.07, 6.45) is 1.45. The van der Waals surface area contributed by atoms with Crippen molar-refractivity contribution in [3.63, 3.8) is 0 Å². The molecule has 1 N–H and O–H groups in total. The summed E-state index contributed by atoms with van der Waals surface area (Å²) < 4.78 is 10.9. The molecule has 2 amide bonds. The highest BCUT2D eigenvalue weighted by Crippen LogP contribution is 2.47. The van der Waals surface area contributed by atoms with Gasteiger partial charge in [-0.15, -0.1) is 0 Å². The third kappa shape index (κ3) is 4.10. The number of rotatable bonds is 5. The summed E-state index contributed by atoms with van der Waals surface area (Å²) >= 11 is 6.06. The van der Waals surface area contributed by atoms with Crippen LogP contribution in [-0.2, 0) is 9.53 Å². The largest absolute Gasteiger partial charge is 0.496 e. The second-order valence-electron chi connectivity index (χ2n) is 8.73. The van der Waals surface area contributed by atoms with E-state index in [1.54, 1.807) is 30.2 Å². The van der Waals surface area contributed by atoms with Gasteiger partial charge < -0.3 is 19.7 Å². The lowest BCUT2D eigenvalue weighted by Gasteiger charge is -2.56. The van der Waals surface area contributed by atoms with Crippen molar-refractivity contribution in [1.29, 1.82) is 0 Å². The topological polar surface area (TPSA) is 67.9 Å². The molecule has 1 aliphatic heterocycles. The molecular formula is C22H31ClN2O4. The van der Waals surface area contributed by atoms with E-state index in [1.807, 2.05) is 0 Å². The first-order valence-corrected chi connectivity index (χ1v) is 10.5. The maximum absolute atomic E-state index is 12.9. The monoisotopic (exact) mass is 422 g/mol. The zero-order valence-electron chi connectivity index (χ0n) is 17.8. The summed E-state index contributed by atoms with van der Waals surface area (Å²) in [5, 5.41) is 3.73. The predicted octanol–water partition coefficient (Wildman–Crippen LogP) is 3.38. The minimum absolute atomic E-state index is 0.0788. The summed E-state index contributed by atoms with van der Waals surface area (Å²) in [5.74, 6) is 0.686. The van der Waals surface area contributed by atoms with Crippen molar-refractivity contribution >= 4 is 23.4 Å². The van der Waals surface area contributed by atoms with Gasteiger partial charge in [0.15, 0.2) is 0 Å². The molecule has 0 unspecified atom stereocenters. The first-order valence-electron chi connectivity index (χ1n) is 10.2. The molecule has 2 fully saturated rings. The molecule has 29 heavy (non-hydrogen) atoms. The Kier molecular flexibility index (Phi) is 6.44. The van der Waals surface area contributed by atoms with Gasteiger partial charge in [-0.3, -0.25) is 9.59 Å². The number of carbonyl (C=O) groups is 2. The molecule has 1 heterocycles. The van der Waals surface area contributed by atoms with Gasteiger partial charge in [0.1, 0.15) is 5.75 Å². The standard InChI is InChI=1S/C22H31ClN2O4/c1-13-18(22(2,3)19(13)29-5)24-20(26)14-8-10-25(11-9-14)21(27)16-12-15(23)6-7-17(16)28-4/h6-7,12-14,18-19H,8-11H2,1-5H3,(H,24,26)/t13-,18-,19+/m1/s1. The van der Waals surface area contributed by atoms with Gasteiger partial charge in [-0.1, -0.05) is 32.4 Å². The number of halogens is 1. The van der Waals surface area contributed by atoms with Crippen LogP contribution in [0.15, 0.2) is 18.2 Å². The summed E-state index contributed by atoms with van der Waals surface area (Å²) in [4.78, 5) is 27.5. The van der Waals surface area contributed by atoms with Crippen molar-refractivity contribution in [2.24, 2.45) is 17.3 Å². The molecule has 3 rings (SSSR count). The molecule has 0 radical (unpaired) electrons. The number of amides is 2. The Bertz CT molecular complexity index is 774. The zero-order chi connectivity index (χ0) is 21.3. The molecule has 0 spiro atoms. The summed E-state index contributed by atoms with van der Waals surface area (Å²) in [5.41, 5.74) is 0.377. The first-order chi connectivity index (χ1) is 13.7. The molecule has 1 aromatic carbocycles. The summed E-state index contributed by atoms with van der Waals surface area (Å²) in [6, 6.07) is 5.14. The quantitative estimate of drug-likeness (QED) is 0.789. The van der Waals surface area contributed by atoms with E-state index in [0.29, 0.717) is 42.3 Å². The molecule has 0 bridgehead atoms. The molecule has 160 valence electrons. The van der Waals surface area contributed by atoms with Crippen molar-refractivity contribution < 1.29 is 19.1 Å². The number of nitrogens with one attached hydrogen (secondary N) is 1. The van der Waals surface area contributed by atoms with Gasteiger partial charge in [0.05, 0.1) is 18.8 Å². The van der Waals surface area contributed by atoms with Gasteiger partial charge in [0.2, 0.25) is 5.91 Å². The Morgan fingerprint density at radius 2 is 1.86 bits per heavy atom. The number of methoxy groups -OCH3 is 2. The van der Waals surface area contributed by atoms with Crippen LogP contribution in [0.1, 0.15) is 44.0 Å². The van der Waals surface area contributed by atoms with Crippen molar-refractivity contribution in [1.82, 2.24) is 10.2 Å². The number of hydrogen-bond acceptors (Lipinski definition) is 4. The number of likely N-dealkylation sites (tertiary alicyclic amines) is 1. The molecule has 3 atom stereocenters. The number of hydrogen-bond donors (Lipinski definition) is 1. The minimum Gasteiger partial charge on any atom is -0.496 e.